The summed E-state index contributed by atoms with van der Waals surface area (Å²) in [7, 11) is 0. The molecule has 84 valence electrons. The minimum absolute atomic E-state index is 0.769. The maximum absolute atomic E-state index is 3.87. The van der Waals surface area contributed by atoms with Crippen molar-refractivity contribution in [3.8, 4) is 0 Å². The maximum atomic E-state index is 3.87. The Morgan fingerprint density at radius 2 is 1.50 bits per heavy atom. The molecule has 1 unspecified atom stereocenters. The highest BCUT2D eigenvalue weighted by Crippen LogP contribution is 2.15. The number of allylic oxidation sites excluding steroid dienone is 1. The summed E-state index contributed by atoms with van der Waals surface area (Å²) in [5.74, 6) is 0.769. The second-order valence-electron chi connectivity index (χ2n) is 4.31. The van der Waals surface area contributed by atoms with Crippen LogP contribution in [0.2, 0.25) is 0 Å². The molecule has 0 bridgehead atoms. The molecule has 0 fully saturated rings. The third-order valence-electron chi connectivity index (χ3n) is 3.04. The molecule has 1 atom stereocenters. The number of hydrogen-bond donors (Lipinski definition) is 0. The summed E-state index contributed by atoms with van der Waals surface area (Å²) in [5, 5.41) is 0. The van der Waals surface area contributed by atoms with Crippen LogP contribution in [0.1, 0.15) is 71.6 Å². The van der Waals surface area contributed by atoms with E-state index in [9.17, 15) is 0 Å². The first-order valence-corrected chi connectivity index (χ1v) is 6.47. The van der Waals surface area contributed by atoms with Crippen LogP contribution in [0, 0.1) is 5.92 Å². The zero-order valence-corrected chi connectivity index (χ0v) is 10.2. The van der Waals surface area contributed by atoms with E-state index in [1.807, 2.05) is 0 Å². The Hall–Kier alpha value is -0.260. The molecule has 0 saturated heterocycles. The molecule has 0 radical (unpaired) electrons. The monoisotopic (exact) mass is 196 g/mol. The molecule has 0 rings (SSSR count). The van der Waals surface area contributed by atoms with Gasteiger partial charge in [0.05, 0.1) is 0 Å². The third kappa shape index (κ3) is 8.34. The van der Waals surface area contributed by atoms with Gasteiger partial charge in [0.25, 0.3) is 0 Å². The lowest BCUT2D eigenvalue weighted by Gasteiger charge is -2.08. The molecule has 0 saturated carbocycles. The summed E-state index contributed by atoms with van der Waals surface area (Å²) in [5.41, 5.74) is 0. The molecule has 0 amide bonds. The van der Waals surface area contributed by atoms with E-state index in [0.717, 1.165) is 5.92 Å². The first-order chi connectivity index (χ1) is 6.85. The summed E-state index contributed by atoms with van der Waals surface area (Å²) in [6.07, 6.45) is 14.7. The van der Waals surface area contributed by atoms with Crippen LogP contribution >= 0.6 is 0 Å². The van der Waals surface area contributed by atoms with Gasteiger partial charge in [0.1, 0.15) is 0 Å². The molecule has 0 aliphatic heterocycles. The summed E-state index contributed by atoms with van der Waals surface area (Å²) < 4.78 is 0. The van der Waals surface area contributed by atoms with E-state index >= 15 is 0 Å². The van der Waals surface area contributed by atoms with E-state index in [-0.39, 0.29) is 0 Å². The summed E-state index contributed by atoms with van der Waals surface area (Å²) >= 11 is 0. The van der Waals surface area contributed by atoms with Gasteiger partial charge in [0.2, 0.25) is 0 Å². The molecule has 0 nitrogen and oxygen atoms in total. The average molecular weight is 196 g/mol. The van der Waals surface area contributed by atoms with Gasteiger partial charge in [-0.2, -0.15) is 0 Å². The predicted octanol–water partition coefficient (Wildman–Crippen LogP) is 5.34. The Morgan fingerprint density at radius 1 is 0.929 bits per heavy atom. The van der Waals surface area contributed by atoms with Crippen LogP contribution in [0.25, 0.3) is 0 Å². The molecular weight excluding hydrogens is 168 g/mol. The van der Waals surface area contributed by atoms with E-state index in [1.165, 1.54) is 57.8 Å². The van der Waals surface area contributed by atoms with Crippen LogP contribution in [0.5, 0.6) is 0 Å². The second kappa shape index (κ2) is 10.8. The fourth-order valence-corrected chi connectivity index (χ4v) is 1.85. The van der Waals surface area contributed by atoms with Crippen LogP contribution in [-0.4, -0.2) is 0 Å². The zero-order valence-electron chi connectivity index (χ0n) is 10.2. The van der Waals surface area contributed by atoms with E-state index in [2.05, 4.69) is 26.5 Å². The lowest BCUT2D eigenvalue weighted by molar-refractivity contribution is 0.507. The van der Waals surface area contributed by atoms with Crippen molar-refractivity contribution >= 4 is 0 Å². The van der Waals surface area contributed by atoms with Crippen molar-refractivity contribution < 1.29 is 0 Å². The van der Waals surface area contributed by atoms with Gasteiger partial charge in [-0.1, -0.05) is 64.9 Å². The lowest BCUT2D eigenvalue weighted by Crippen LogP contribution is -1.93. The minimum Gasteiger partial charge on any atom is -0.103 e. The van der Waals surface area contributed by atoms with Gasteiger partial charge in [-0.05, 0) is 18.8 Å². The molecule has 14 heavy (non-hydrogen) atoms. The average Bonchev–Trinajstić information content (AvgIpc) is 2.22. The topological polar surface area (TPSA) is 0 Å². The van der Waals surface area contributed by atoms with Gasteiger partial charge in [0.15, 0.2) is 0 Å². The van der Waals surface area contributed by atoms with Crippen LogP contribution < -0.4 is 0 Å². The van der Waals surface area contributed by atoms with Crippen molar-refractivity contribution in [1.29, 1.82) is 0 Å². The van der Waals surface area contributed by atoms with Gasteiger partial charge in [-0.15, -0.1) is 6.58 Å². The summed E-state index contributed by atoms with van der Waals surface area (Å²) in [6.45, 7) is 8.40. The van der Waals surface area contributed by atoms with Crippen LogP contribution in [-0.2, 0) is 0 Å². The highest BCUT2D eigenvalue weighted by Gasteiger charge is 1.99. The second-order valence-corrected chi connectivity index (χ2v) is 4.31. The first kappa shape index (κ1) is 13.7. The number of unbranched alkanes of at least 4 members (excludes halogenated alkanes) is 6. The highest BCUT2D eigenvalue weighted by atomic mass is 14.1. The van der Waals surface area contributed by atoms with Crippen molar-refractivity contribution in [1.82, 2.24) is 0 Å². The van der Waals surface area contributed by atoms with Crippen LogP contribution in [0.4, 0.5) is 0 Å². The molecule has 0 aliphatic rings. The van der Waals surface area contributed by atoms with E-state index < -0.39 is 0 Å². The number of rotatable bonds is 10. The minimum atomic E-state index is 0.769. The molecule has 0 aromatic rings. The maximum Gasteiger partial charge on any atom is -0.0239 e. The largest absolute Gasteiger partial charge is 0.103 e. The van der Waals surface area contributed by atoms with Crippen molar-refractivity contribution in [3.05, 3.63) is 12.7 Å². The molecule has 0 aromatic carbocycles. The van der Waals surface area contributed by atoms with Crippen molar-refractivity contribution in [2.45, 2.75) is 71.6 Å². The standard InChI is InChI=1S/C14H28/c1-4-7-8-9-10-11-12-13-14(5-2)6-3/h5,14H,2,4,6-13H2,1,3H3. The normalized spacial score (nSPS) is 12.7. The van der Waals surface area contributed by atoms with Crippen molar-refractivity contribution in [2.24, 2.45) is 5.92 Å². The Balaban J connectivity index is 3.08. The number of hydrogen-bond acceptors (Lipinski definition) is 0. The Bertz CT molecular complexity index is 115. The molecule has 0 heteroatoms. The van der Waals surface area contributed by atoms with Gasteiger partial charge in [-0.3, -0.25) is 0 Å². The van der Waals surface area contributed by atoms with Gasteiger partial charge < -0.3 is 0 Å². The van der Waals surface area contributed by atoms with E-state index in [4.69, 9.17) is 0 Å². The quantitative estimate of drug-likeness (QED) is 0.327. The van der Waals surface area contributed by atoms with Crippen molar-refractivity contribution in [3.63, 3.8) is 0 Å². The van der Waals surface area contributed by atoms with Crippen molar-refractivity contribution in [2.75, 3.05) is 0 Å². The van der Waals surface area contributed by atoms with Crippen LogP contribution in [0.15, 0.2) is 12.7 Å². The Kier molecular flexibility index (Phi) is 10.6. The summed E-state index contributed by atoms with van der Waals surface area (Å²) in [4.78, 5) is 0. The molecule has 0 aliphatic carbocycles. The first-order valence-electron chi connectivity index (χ1n) is 6.47. The fourth-order valence-electron chi connectivity index (χ4n) is 1.85. The molecular formula is C14H28. The molecule has 0 heterocycles. The van der Waals surface area contributed by atoms with E-state index in [0.29, 0.717) is 0 Å². The smallest absolute Gasteiger partial charge is 0.0239 e. The predicted molar refractivity (Wildman–Crippen MR) is 66.6 cm³/mol. The Morgan fingerprint density at radius 3 is 2.00 bits per heavy atom. The Labute approximate surface area is 90.8 Å². The highest BCUT2D eigenvalue weighted by molar-refractivity contribution is 4.77. The lowest BCUT2D eigenvalue weighted by atomic mass is 9.98. The zero-order chi connectivity index (χ0) is 10.6. The fraction of sp³-hybridized carbons (Fsp3) is 0.857. The van der Waals surface area contributed by atoms with Crippen LogP contribution in [0.3, 0.4) is 0 Å². The third-order valence-corrected chi connectivity index (χ3v) is 3.04. The molecule has 0 N–H and O–H groups in total. The molecule has 0 spiro atoms. The molecule has 0 aromatic heterocycles. The summed E-state index contributed by atoms with van der Waals surface area (Å²) in [6, 6.07) is 0. The van der Waals surface area contributed by atoms with E-state index in [1.54, 1.807) is 0 Å². The van der Waals surface area contributed by atoms with Gasteiger partial charge >= 0.3 is 0 Å². The van der Waals surface area contributed by atoms with Gasteiger partial charge in [0, 0.05) is 0 Å². The van der Waals surface area contributed by atoms with Gasteiger partial charge in [-0.25, -0.2) is 0 Å². The SMILES string of the molecule is C=CC(CC)CCCCCCCCC.